The molecule has 2 aromatic carbocycles. The fourth-order valence-electron chi connectivity index (χ4n) is 3.12. The molecule has 0 saturated heterocycles. The van der Waals surface area contributed by atoms with Crippen LogP contribution in [-0.2, 0) is 7.05 Å². The van der Waals surface area contributed by atoms with Gasteiger partial charge < -0.3 is 10.2 Å². The molecule has 0 radical (unpaired) electrons. The minimum absolute atomic E-state index is 0.0268. The number of carbonyl (C=O) groups excluding carboxylic acids is 1. The maximum Gasteiger partial charge on any atom is 0.335 e. The Morgan fingerprint density at radius 2 is 1.61 bits per heavy atom. The Bertz CT molecular complexity index is 1140. The first-order valence-electron chi connectivity index (χ1n) is 9.73. The number of rotatable bonds is 6. The van der Waals surface area contributed by atoms with Crippen molar-refractivity contribution in [3.8, 4) is 17.0 Å². The van der Waals surface area contributed by atoms with Crippen LogP contribution in [0.1, 0.15) is 58.7 Å². The number of carboxylic acid groups (broad SMARTS) is 1. The summed E-state index contributed by atoms with van der Waals surface area (Å²) in [6, 6.07) is 13.4. The van der Waals surface area contributed by atoms with E-state index in [0.29, 0.717) is 17.3 Å². The second-order valence-corrected chi connectivity index (χ2v) is 7.47. The number of hydrogen-bond donors (Lipinski definition) is 3. The van der Waals surface area contributed by atoms with Gasteiger partial charge in [-0.15, -0.1) is 0 Å². The summed E-state index contributed by atoms with van der Waals surface area (Å²) in [5.74, 6) is -1.19. The number of aryl methyl sites for hydroxylation is 1. The fourth-order valence-corrected chi connectivity index (χ4v) is 3.12. The van der Waals surface area contributed by atoms with Crippen LogP contribution in [0.5, 0.6) is 5.75 Å². The lowest BCUT2D eigenvalue weighted by Crippen LogP contribution is -2.19. The first kappa shape index (κ1) is 21.8. The molecule has 8 heteroatoms. The topological polar surface area (TPSA) is 117 Å². The van der Waals surface area contributed by atoms with Crippen LogP contribution < -0.4 is 5.43 Å². The highest BCUT2D eigenvalue weighted by atomic mass is 16.4. The van der Waals surface area contributed by atoms with Crippen LogP contribution in [-0.4, -0.2) is 37.6 Å². The Morgan fingerprint density at radius 3 is 2.16 bits per heavy atom. The van der Waals surface area contributed by atoms with E-state index in [0.717, 1.165) is 5.56 Å². The number of aromatic carboxylic acids is 1. The second kappa shape index (κ2) is 8.83. The maximum atomic E-state index is 12.3. The standard InChI is InChI=1S/C23H24N4O4/c1-13(2)15-5-7-16(8-6-15)20-21(28)19(26-27(20)4)14(3)24-25-22(29)17-9-11-18(12-10-17)23(30)31/h5-13,28H,1-4H3,(H,25,29)(H,30,31)/b24-14+. The summed E-state index contributed by atoms with van der Waals surface area (Å²) in [6.45, 7) is 5.86. The van der Waals surface area contributed by atoms with E-state index in [-0.39, 0.29) is 22.6 Å². The Morgan fingerprint density at radius 1 is 1.03 bits per heavy atom. The lowest BCUT2D eigenvalue weighted by molar-refractivity contribution is 0.0696. The van der Waals surface area contributed by atoms with Crippen molar-refractivity contribution in [3.63, 3.8) is 0 Å². The van der Waals surface area contributed by atoms with E-state index in [1.54, 1.807) is 18.7 Å². The van der Waals surface area contributed by atoms with Crippen molar-refractivity contribution in [1.29, 1.82) is 0 Å². The molecule has 0 bridgehead atoms. The van der Waals surface area contributed by atoms with Crippen molar-refractivity contribution in [2.24, 2.45) is 12.1 Å². The van der Waals surface area contributed by atoms with Crippen molar-refractivity contribution in [3.05, 3.63) is 70.9 Å². The van der Waals surface area contributed by atoms with Crippen LogP contribution in [0.4, 0.5) is 0 Å². The Hall–Kier alpha value is -3.94. The minimum Gasteiger partial charge on any atom is -0.504 e. The number of nitrogens with zero attached hydrogens (tertiary/aromatic N) is 3. The van der Waals surface area contributed by atoms with Gasteiger partial charge in [-0.1, -0.05) is 38.1 Å². The molecule has 1 amide bonds. The lowest BCUT2D eigenvalue weighted by Gasteiger charge is -2.07. The SMILES string of the molecule is C/C(=N\NC(=O)c1ccc(C(=O)O)cc1)c1nn(C)c(-c2ccc(C(C)C)cc2)c1O. The summed E-state index contributed by atoms with van der Waals surface area (Å²) >= 11 is 0. The molecule has 0 aliphatic heterocycles. The van der Waals surface area contributed by atoms with Crippen molar-refractivity contribution >= 4 is 17.6 Å². The molecule has 3 aromatic rings. The van der Waals surface area contributed by atoms with E-state index < -0.39 is 11.9 Å². The van der Waals surface area contributed by atoms with Crippen molar-refractivity contribution in [2.75, 3.05) is 0 Å². The largest absolute Gasteiger partial charge is 0.504 e. The number of carboxylic acids is 1. The molecule has 8 nitrogen and oxygen atoms in total. The molecule has 160 valence electrons. The predicted octanol–water partition coefficient (Wildman–Crippen LogP) is 3.77. The fraction of sp³-hybridized carbons (Fsp3) is 0.217. The van der Waals surface area contributed by atoms with Gasteiger partial charge >= 0.3 is 5.97 Å². The molecule has 31 heavy (non-hydrogen) atoms. The van der Waals surface area contributed by atoms with E-state index in [9.17, 15) is 14.7 Å². The van der Waals surface area contributed by atoms with Crippen LogP contribution in [0.15, 0.2) is 53.6 Å². The number of hydrazone groups is 1. The van der Waals surface area contributed by atoms with Gasteiger partial charge in [0.25, 0.3) is 5.91 Å². The molecule has 1 aromatic heterocycles. The van der Waals surface area contributed by atoms with Gasteiger partial charge in [0.05, 0.1) is 11.3 Å². The molecule has 0 aliphatic carbocycles. The molecule has 0 atom stereocenters. The molecule has 3 rings (SSSR count). The first-order valence-corrected chi connectivity index (χ1v) is 9.73. The van der Waals surface area contributed by atoms with Gasteiger partial charge in [0.2, 0.25) is 0 Å². The van der Waals surface area contributed by atoms with Crippen LogP contribution in [0.2, 0.25) is 0 Å². The summed E-state index contributed by atoms with van der Waals surface area (Å²) < 4.78 is 1.57. The van der Waals surface area contributed by atoms with E-state index >= 15 is 0 Å². The maximum absolute atomic E-state index is 12.3. The Kier molecular flexibility index (Phi) is 6.20. The number of nitrogens with one attached hydrogen (secondary N) is 1. The molecule has 0 aliphatic rings. The number of carbonyl (C=O) groups is 2. The van der Waals surface area contributed by atoms with Crippen LogP contribution in [0, 0.1) is 0 Å². The summed E-state index contributed by atoms with van der Waals surface area (Å²) in [7, 11) is 1.73. The zero-order valence-electron chi connectivity index (χ0n) is 17.7. The highest BCUT2D eigenvalue weighted by molar-refractivity contribution is 6.02. The van der Waals surface area contributed by atoms with Crippen molar-refractivity contribution in [1.82, 2.24) is 15.2 Å². The van der Waals surface area contributed by atoms with Crippen molar-refractivity contribution in [2.45, 2.75) is 26.7 Å². The number of aromatic hydroxyl groups is 1. The third kappa shape index (κ3) is 4.63. The smallest absolute Gasteiger partial charge is 0.335 e. The van der Waals surface area contributed by atoms with Crippen LogP contribution >= 0.6 is 0 Å². The molecule has 1 heterocycles. The molecule has 3 N–H and O–H groups in total. The van der Waals surface area contributed by atoms with E-state index in [1.807, 2.05) is 24.3 Å². The highest BCUT2D eigenvalue weighted by Gasteiger charge is 2.19. The molecule has 0 spiro atoms. The first-order chi connectivity index (χ1) is 14.7. The quantitative estimate of drug-likeness (QED) is 0.415. The lowest BCUT2D eigenvalue weighted by atomic mass is 10.0. The van der Waals surface area contributed by atoms with E-state index in [1.165, 1.54) is 29.8 Å². The molecular formula is C23H24N4O4. The summed E-state index contributed by atoms with van der Waals surface area (Å²) in [6.07, 6.45) is 0. The zero-order valence-corrected chi connectivity index (χ0v) is 17.7. The number of benzene rings is 2. The average Bonchev–Trinajstić information content (AvgIpc) is 3.05. The Labute approximate surface area is 179 Å². The van der Waals surface area contributed by atoms with Gasteiger partial charge in [0.15, 0.2) is 11.4 Å². The average molecular weight is 420 g/mol. The predicted molar refractivity (Wildman–Crippen MR) is 117 cm³/mol. The third-order valence-electron chi connectivity index (χ3n) is 4.93. The van der Waals surface area contributed by atoms with Crippen LogP contribution in [0.3, 0.4) is 0 Å². The number of hydrogen-bond acceptors (Lipinski definition) is 5. The van der Waals surface area contributed by atoms with Gasteiger partial charge in [-0.25, -0.2) is 10.2 Å². The zero-order chi connectivity index (χ0) is 22.7. The second-order valence-electron chi connectivity index (χ2n) is 7.47. The number of aromatic nitrogens is 2. The monoisotopic (exact) mass is 420 g/mol. The van der Waals surface area contributed by atoms with Gasteiger partial charge in [-0.3, -0.25) is 9.48 Å². The van der Waals surface area contributed by atoms with Gasteiger partial charge in [-0.05, 0) is 42.7 Å². The molecule has 0 saturated carbocycles. The normalized spacial score (nSPS) is 11.6. The van der Waals surface area contributed by atoms with E-state index in [4.69, 9.17) is 5.11 Å². The van der Waals surface area contributed by atoms with E-state index in [2.05, 4.69) is 29.5 Å². The number of amides is 1. The summed E-state index contributed by atoms with van der Waals surface area (Å²) in [5, 5.41) is 28.1. The Balaban J connectivity index is 1.81. The third-order valence-corrected chi connectivity index (χ3v) is 4.93. The molecule has 0 fully saturated rings. The highest BCUT2D eigenvalue weighted by Crippen LogP contribution is 2.32. The minimum atomic E-state index is -1.07. The molecular weight excluding hydrogens is 396 g/mol. The van der Waals surface area contributed by atoms with Gasteiger partial charge in [0.1, 0.15) is 5.69 Å². The van der Waals surface area contributed by atoms with Gasteiger partial charge in [0, 0.05) is 18.2 Å². The molecule has 0 unspecified atom stereocenters. The summed E-state index contributed by atoms with van der Waals surface area (Å²) in [4.78, 5) is 23.2. The van der Waals surface area contributed by atoms with Gasteiger partial charge in [-0.2, -0.15) is 10.2 Å². The summed E-state index contributed by atoms with van der Waals surface area (Å²) in [5.41, 5.74) is 5.90. The van der Waals surface area contributed by atoms with Crippen molar-refractivity contribution < 1.29 is 19.8 Å². The van der Waals surface area contributed by atoms with Crippen LogP contribution in [0.25, 0.3) is 11.3 Å².